The minimum atomic E-state index is 0.329. The number of nitrogens with one attached hydrogen (secondary N) is 1. The fourth-order valence-electron chi connectivity index (χ4n) is 1.82. The van der Waals surface area contributed by atoms with E-state index in [0.29, 0.717) is 6.04 Å². The maximum atomic E-state index is 5.91. The van der Waals surface area contributed by atoms with E-state index < -0.39 is 0 Å². The minimum Gasteiger partial charge on any atom is -0.398 e. The molecule has 0 saturated carbocycles. The molecular weight excluding hydrogens is 208 g/mol. The van der Waals surface area contributed by atoms with E-state index in [9.17, 15) is 0 Å². The van der Waals surface area contributed by atoms with Crippen LogP contribution in [0.4, 0.5) is 5.69 Å². The summed E-state index contributed by atoms with van der Waals surface area (Å²) in [6.07, 6.45) is 0. The summed E-state index contributed by atoms with van der Waals surface area (Å²) in [5.74, 6) is 0. The molecule has 0 heterocycles. The molecule has 88 valence electrons. The number of para-hydroxylation sites is 1. The van der Waals surface area contributed by atoms with Crippen LogP contribution in [0.15, 0.2) is 54.6 Å². The molecule has 0 aliphatic carbocycles. The predicted octanol–water partition coefficient (Wildman–Crippen LogP) is 3.12. The minimum absolute atomic E-state index is 0.329. The van der Waals surface area contributed by atoms with Gasteiger partial charge in [0.2, 0.25) is 0 Å². The van der Waals surface area contributed by atoms with Crippen LogP contribution >= 0.6 is 0 Å². The van der Waals surface area contributed by atoms with Crippen molar-refractivity contribution < 1.29 is 0 Å². The third-order valence-corrected chi connectivity index (χ3v) is 2.95. The van der Waals surface area contributed by atoms with E-state index >= 15 is 0 Å². The molecule has 1 unspecified atom stereocenters. The van der Waals surface area contributed by atoms with Crippen molar-refractivity contribution in [2.75, 3.05) is 5.73 Å². The van der Waals surface area contributed by atoms with Gasteiger partial charge in [-0.2, -0.15) is 0 Å². The molecule has 0 saturated heterocycles. The van der Waals surface area contributed by atoms with Crippen LogP contribution in [-0.4, -0.2) is 0 Å². The van der Waals surface area contributed by atoms with E-state index in [1.54, 1.807) is 0 Å². The van der Waals surface area contributed by atoms with Crippen molar-refractivity contribution in [1.82, 2.24) is 5.32 Å². The zero-order valence-electron chi connectivity index (χ0n) is 10.1. The lowest BCUT2D eigenvalue weighted by molar-refractivity contribution is 0.575. The summed E-state index contributed by atoms with van der Waals surface area (Å²) < 4.78 is 0. The third kappa shape index (κ3) is 3.08. The van der Waals surface area contributed by atoms with Crippen LogP contribution in [0.25, 0.3) is 0 Å². The van der Waals surface area contributed by atoms with Crippen molar-refractivity contribution in [3.8, 4) is 0 Å². The summed E-state index contributed by atoms with van der Waals surface area (Å²) in [6.45, 7) is 2.96. The smallest absolute Gasteiger partial charge is 0.0359 e. The maximum absolute atomic E-state index is 5.91. The Balaban J connectivity index is 1.97. The summed E-state index contributed by atoms with van der Waals surface area (Å²) in [6, 6.07) is 18.7. The van der Waals surface area contributed by atoms with E-state index in [4.69, 9.17) is 5.73 Å². The summed E-state index contributed by atoms with van der Waals surface area (Å²) in [5, 5.41) is 3.48. The Morgan fingerprint density at radius 2 is 1.65 bits per heavy atom. The van der Waals surface area contributed by atoms with E-state index in [2.05, 4.69) is 42.6 Å². The van der Waals surface area contributed by atoms with Crippen LogP contribution in [0, 0.1) is 0 Å². The molecular formula is C15H18N2. The molecule has 0 aromatic heterocycles. The van der Waals surface area contributed by atoms with Crippen LogP contribution < -0.4 is 11.1 Å². The highest BCUT2D eigenvalue weighted by atomic mass is 14.9. The summed E-state index contributed by atoms with van der Waals surface area (Å²) in [7, 11) is 0. The first-order valence-corrected chi connectivity index (χ1v) is 5.89. The van der Waals surface area contributed by atoms with Gasteiger partial charge in [-0.15, -0.1) is 0 Å². The first kappa shape index (κ1) is 11.7. The van der Waals surface area contributed by atoms with Gasteiger partial charge in [0.15, 0.2) is 0 Å². The van der Waals surface area contributed by atoms with Gasteiger partial charge >= 0.3 is 0 Å². The van der Waals surface area contributed by atoms with Gasteiger partial charge in [0.1, 0.15) is 0 Å². The van der Waals surface area contributed by atoms with Crippen molar-refractivity contribution in [2.24, 2.45) is 0 Å². The number of rotatable bonds is 4. The molecule has 0 aliphatic heterocycles. The Labute approximate surface area is 102 Å². The molecule has 17 heavy (non-hydrogen) atoms. The fraction of sp³-hybridized carbons (Fsp3) is 0.200. The van der Waals surface area contributed by atoms with E-state index in [1.807, 2.05) is 24.3 Å². The summed E-state index contributed by atoms with van der Waals surface area (Å²) in [4.78, 5) is 0. The second-order valence-corrected chi connectivity index (χ2v) is 4.21. The lowest BCUT2D eigenvalue weighted by Gasteiger charge is -2.15. The Morgan fingerprint density at radius 3 is 2.35 bits per heavy atom. The number of benzene rings is 2. The van der Waals surface area contributed by atoms with Gasteiger partial charge in [0.25, 0.3) is 0 Å². The first-order chi connectivity index (χ1) is 8.27. The number of anilines is 1. The van der Waals surface area contributed by atoms with Crippen LogP contribution in [0.5, 0.6) is 0 Å². The Morgan fingerprint density at radius 1 is 1.00 bits per heavy atom. The number of nitrogen functional groups attached to an aromatic ring is 1. The van der Waals surface area contributed by atoms with Crippen LogP contribution in [0.2, 0.25) is 0 Å². The van der Waals surface area contributed by atoms with Gasteiger partial charge in [-0.25, -0.2) is 0 Å². The molecule has 2 aromatic carbocycles. The molecule has 2 aromatic rings. The maximum Gasteiger partial charge on any atom is 0.0359 e. The average molecular weight is 226 g/mol. The molecule has 0 spiro atoms. The van der Waals surface area contributed by atoms with E-state index in [-0.39, 0.29) is 0 Å². The molecule has 2 nitrogen and oxygen atoms in total. The normalized spacial score (nSPS) is 12.3. The van der Waals surface area contributed by atoms with Crippen molar-refractivity contribution in [3.63, 3.8) is 0 Å². The largest absolute Gasteiger partial charge is 0.398 e. The van der Waals surface area contributed by atoms with Crippen molar-refractivity contribution >= 4 is 5.69 Å². The lowest BCUT2D eigenvalue weighted by atomic mass is 10.1. The lowest BCUT2D eigenvalue weighted by Crippen LogP contribution is -2.18. The molecule has 0 radical (unpaired) electrons. The van der Waals surface area contributed by atoms with Crippen molar-refractivity contribution in [2.45, 2.75) is 19.5 Å². The highest BCUT2D eigenvalue weighted by Crippen LogP contribution is 2.14. The molecule has 2 heteroatoms. The van der Waals surface area contributed by atoms with Gasteiger partial charge in [-0.3, -0.25) is 0 Å². The van der Waals surface area contributed by atoms with Gasteiger partial charge in [0, 0.05) is 18.3 Å². The molecule has 0 aliphatic rings. The fourth-order valence-corrected chi connectivity index (χ4v) is 1.82. The molecule has 0 bridgehead atoms. The molecule has 3 N–H and O–H groups in total. The molecule has 1 atom stereocenters. The zero-order chi connectivity index (χ0) is 12.1. The quantitative estimate of drug-likeness (QED) is 0.786. The molecule has 0 fully saturated rings. The number of hydrogen-bond acceptors (Lipinski definition) is 2. The molecule has 2 rings (SSSR count). The van der Waals surface area contributed by atoms with Crippen LogP contribution in [0.3, 0.4) is 0 Å². The number of hydrogen-bond donors (Lipinski definition) is 2. The SMILES string of the molecule is CC(NCc1ccccc1N)c1ccccc1. The summed E-state index contributed by atoms with van der Waals surface area (Å²) in [5.41, 5.74) is 9.19. The Kier molecular flexibility index (Phi) is 3.78. The summed E-state index contributed by atoms with van der Waals surface area (Å²) >= 11 is 0. The monoisotopic (exact) mass is 226 g/mol. The van der Waals surface area contributed by atoms with Crippen LogP contribution in [-0.2, 0) is 6.54 Å². The predicted molar refractivity (Wildman–Crippen MR) is 72.6 cm³/mol. The van der Waals surface area contributed by atoms with Crippen molar-refractivity contribution in [1.29, 1.82) is 0 Å². The van der Waals surface area contributed by atoms with Crippen LogP contribution in [0.1, 0.15) is 24.1 Å². The van der Waals surface area contributed by atoms with Gasteiger partial charge in [-0.05, 0) is 24.1 Å². The Hall–Kier alpha value is -1.80. The van der Waals surface area contributed by atoms with E-state index in [0.717, 1.165) is 17.8 Å². The van der Waals surface area contributed by atoms with Gasteiger partial charge in [-0.1, -0.05) is 48.5 Å². The third-order valence-electron chi connectivity index (χ3n) is 2.95. The first-order valence-electron chi connectivity index (χ1n) is 5.89. The standard InChI is InChI=1S/C15H18N2/c1-12(13-7-3-2-4-8-13)17-11-14-9-5-6-10-15(14)16/h2-10,12,17H,11,16H2,1H3. The topological polar surface area (TPSA) is 38.0 Å². The Bertz CT molecular complexity index is 465. The average Bonchev–Trinajstić information content (AvgIpc) is 2.38. The highest BCUT2D eigenvalue weighted by molar-refractivity contribution is 5.46. The highest BCUT2D eigenvalue weighted by Gasteiger charge is 2.04. The second-order valence-electron chi connectivity index (χ2n) is 4.21. The molecule has 0 amide bonds. The van der Waals surface area contributed by atoms with Gasteiger partial charge < -0.3 is 11.1 Å². The van der Waals surface area contributed by atoms with Crippen molar-refractivity contribution in [3.05, 3.63) is 65.7 Å². The second kappa shape index (κ2) is 5.51. The number of nitrogens with two attached hydrogens (primary N) is 1. The van der Waals surface area contributed by atoms with E-state index in [1.165, 1.54) is 5.56 Å². The zero-order valence-corrected chi connectivity index (χ0v) is 10.1. The van der Waals surface area contributed by atoms with Gasteiger partial charge in [0.05, 0.1) is 0 Å².